The van der Waals surface area contributed by atoms with Crippen molar-refractivity contribution in [3.8, 4) is 11.8 Å². The normalized spacial score (nSPS) is 16.2. The first-order chi connectivity index (χ1) is 14.2. The van der Waals surface area contributed by atoms with E-state index in [1.54, 1.807) is 6.07 Å². The number of amides is 1. The quantitative estimate of drug-likeness (QED) is 0.704. The summed E-state index contributed by atoms with van der Waals surface area (Å²) in [4.78, 5) is 14.1. The third-order valence-corrected chi connectivity index (χ3v) is 4.90. The zero-order valence-corrected chi connectivity index (χ0v) is 15.9. The van der Waals surface area contributed by atoms with Gasteiger partial charge in [-0.2, -0.15) is 5.26 Å². The molecule has 0 aliphatic carbocycles. The average molecular weight is 383 g/mol. The number of hydrogen-bond acceptors (Lipinski definition) is 4. The molecular weight excluding hydrogens is 362 g/mol. The molecule has 144 valence electrons. The summed E-state index contributed by atoms with van der Waals surface area (Å²) in [5, 5.41) is 12.1. The Balaban J connectivity index is 1.42. The number of nitriles is 1. The van der Waals surface area contributed by atoms with Crippen LogP contribution < -0.4 is 10.1 Å². The van der Waals surface area contributed by atoms with Crippen molar-refractivity contribution in [1.29, 1.82) is 5.26 Å². The Morgan fingerprint density at radius 2 is 1.79 bits per heavy atom. The highest BCUT2D eigenvalue weighted by molar-refractivity contribution is 5.80. The number of ether oxygens (including phenoxy) is 1. The van der Waals surface area contributed by atoms with Crippen molar-refractivity contribution in [2.75, 3.05) is 6.54 Å². The van der Waals surface area contributed by atoms with E-state index in [1.165, 1.54) is 0 Å². The number of benzene rings is 3. The topological polar surface area (TPSA) is 65.4 Å². The van der Waals surface area contributed by atoms with Crippen LogP contribution in [-0.4, -0.2) is 17.4 Å². The largest absolute Gasteiger partial charge is 0.489 e. The van der Waals surface area contributed by atoms with Crippen LogP contribution in [0.2, 0.25) is 0 Å². The molecule has 1 atom stereocenters. The van der Waals surface area contributed by atoms with Crippen molar-refractivity contribution in [3.05, 3.63) is 101 Å². The van der Waals surface area contributed by atoms with Gasteiger partial charge in [-0.15, -0.1) is 0 Å². The lowest BCUT2D eigenvalue weighted by Crippen LogP contribution is -2.27. The van der Waals surface area contributed by atoms with E-state index < -0.39 is 0 Å². The van der Waals surface area contributed by atoms with Crippen molar-refractivity contribution in [1.82, 2.24) is 10.2 Å². The molecular formula is C24H21N3O2. The molecule has 1 fully saturated rings. The first-order valence-electron chi connectivity index (χ1n) is 9.50. The molecule has 1 heterocycles. The summed E-state index contributed by atoms with van der Waals surface area (Å²) >= 11 is 0. The molecule has 1 N–H and O–H groups in total. The fourth-order valence-corrected chi connectivity index (χ4v) is 3.45. The molecule has 1 unspecified atom stereocenters. The molecule has 1 aliphatic heterocycles. The minimum absolute atomic E-state index is 0.0137. The fraction of sp³-hybridized carbons (Fsp3) is 0.167. The third kappa shape index (κ3) is 4.63. The van der Waals surface area contributed by atoms with Crippen molar-refractivity contribution in [2.24, 2.45) is 0 Å². The van der Waals surface area contributed by atoms with Gasteiger partial charge < -0.3 is 10.1 Å². The van der Waals surface area contributed by atoms with Crippen molar-refractivity contribution in [2.45, 2.75) is 19.3 Å². The Morgan fingerprint density at radius 3 is 2.55 bits per heavy atom. The third-order valence-electron chi connectivity index (χ3n) is 4.90. The Morgan fingerprint density at radius 1 is 1.00 bits per heavy atom. The van der Waals surface area contributed by atoms with Crippen LogP contribution in [0, 0.1) is 11.3 Å². The molecule has 3 aromatic rings. The van der Waals surface area contributed by atoms with Gasteiger partial charge in [0.2, 0.25) is 5.91 Å². The van der Waals surface area contributed by atoms with Crippen LogP contribution in [-0.2, 0) is 17.9 Å². The number of rotatable bonds is 6. The Kier molecular flexibility index (Phi) is 5.55. The zero-order chi connectivity index (χ0) is 20.1. The molecule has 1 saturated heterocycles. The maximum atomic E-state index is 12.0. The van der Waals surface area contributed by atoms with Crippen LogP contribution in [0.5, 0.6) is 5.75 Å². The smallest absolute Gasteiger partial charge is 0.235 e. The van der Waals surface area contributed by atoms with E-state index in [0.717, 1.165) is 22.4 Å². The highest BCUT2D eigenvalue weighted by Gasteiger charge is 2.30. The van der Waals surface area contributed by atoms with E-state index in [9.17, 15) is 4.79 Å². The lowest BCUT2D eigenvalue weighted by molar-refractivity contribution is -0.118. The highest BCUT2D eigenvalue weighted by atomic mass is 16.5. The van der Waals surface area contributed by atoms with Crippen LogP contribution in [0.4, 0.5) is 0 Å². The van der Waals surface area contributed by atoms with Gasteiger partial charge in [0.1, 0.15) is 18.5 Å². The average Bonchev–Trinajstić information content (AvgIpc) is 3.14. The van der Waals surface area contributed by atoms with Gasteiger partial charge in [0.05, 0.1) is 18.2 Å². The molecule has 0 bridgehead atoms. The van der Waals surface area contributed by atoms with Crippen LogP contribution in [0.1, 0.15) is 28.4 Å². The Labute approximate surface area is 170 Å². The summed E-state index contributed by atoms with van der Waals surface area (Å²) in [7, 11) is 0. The summed E-state index contributed by atoms with van der Waals surface area (Å²) in [6.07, 6.45) is -0.232. The second-order valence-electron chi connectivity index (χ2n) is 7.03. The van der Waals surface area contributed by atoms with Gasteiger partial charge in [-0.25, -0.2) is 0 Å². The van der Waals surface area contributed by atoms with Gasteiger partial charge in [-0.05, 0) is 41.0 Å². The lowest BCUT2D eigenvalue weighted by Gasteiger charge is -2.23. The van der Waals surface area contributed by atoms with Crippen LogP contribution in [0.25, 0.3) is 0 Å². The van der Waals surface area contributed by atoms with Crippen LogP contribution in [0.15, 0.2) is 78.9 Å². The van der Waals surface area contributed by atoms with Gasteiger partial charge in [-0.1, -0.05) is 54.6 Å². The minimum atomic E-state index is -0.232. The number of hydrogen-bond donors (Lipinski definition) is 1. The number of nitrogens with zero attached hydrogens (tertiary/aromatic N) is 2. The second-order valence-corrected chi connectivity index (χ2v) is 7.03. The summed E-state index contributed by atoms with van der Waals surface area (Å²) in [5.74, 6) is 0.798. The molecule has 29 heavy (non-hydrogen) atoms. The van der Waals surface area contributed by atoms with Gasteiger partial charge in [0.15, 0.2) is 0 Å². The first kappa shape index (κ1) is 18.7. The van der Waals surface area contributed by atoms with Gasteiger partial charge in [0, 0.05) is 6.54 Å². The first-order valence-corrected chi connectivity index (χ1v) is 9.50. The molecule has 4 rings (SSSR count). The van der Waals surface area contributed by atoms with E-state index >= 15 is 0 Å². The molecule has 5 heteroatoms. The SMILES string of the molecule is N#Cc1cccc(C2NC(=O)CN2Cc2ccc(OCc3ccccc3)cc2)c1. The van der Waals surface area contributed by atoms with Crippen LogP contribution in [0.3, 0.4) is 0 Å². The molecule has 0 radical (unpaired) electrons. The zero-order valence-electron chi connectivity index (χ0n) is 15.9. The molecule has 0 aromatic heterocycles. The highest BCUT2D eigenvalue weighted by Crippen LogP contribution is 2.25. The monoisotopic (exact) mass is 383 g/mol. The molecule has 1 amide bonds. The van der Waals surface area contributed by atoms with Crippen molar-refractivity contribution < 1.29 is 9.53 Å². The van der Waals surface area contributed by atoms with Gasteiger partial charge >= 0.3 is 0 Å². The number of carbonyl (C=O) groups is 1. The van der Waals surface area contributed by atoms with Crippen molar-refractivity contribution >= 4 is 5.91 Å². The van der Waals surface area contributed by atoms with Gasteiger partial charge in [0.25, 0.3) is 0 Å². The number of nitrogens with one attached hydrogen (secondary N) is 1. The summed E-state index contributed by atoms with van der Waals surface area (Å²) in [6.45, 7) is 1.48. The summed E-state index contributed by atoms with van der Waals surface area (Å²) < 4.78 is 5.84. The Bertz CT molecular complexity index is 1030. The maximum Gasteiger partial charge on any atom is 0.235 e. The predicted octanol–water partition coefficient (Wildman–Crippen LogP) is 3.77. The summed E-state index contributed by atoms with van der Waals surface area (Å²) in [6, 6.07) is 27.5. The second kappa shape index (κ2) is 8.59. The molecule has 3 aromatic carbocycles. The fourth-order valence-electron chi connectivity index (χ4n) is 3.45. The Hall–Kier alpha value is -3.62. The van der Waals surface area contributed by atoms with Gasteiger partial charge in [-0.3, -0.25) is 9.69 Å². The lowest BCUT2D eigenvalue weighted by atomic mass is 10.1. The minimum Gasteiger partial charge on any atom is -0.489 e. The molecule has 5 nitrogen and oxygen atoms in total. The number of carbonyl (C=O) groups excluding carboxylic acids is 1. The van der Waals surface area contributed by atoms with E-state index in [0.29, 0.717) is 25.3 Å². The van der Waals surface area contributed by atoms with E-state index in [-0.39, 0.29) is 12.1 Å². The van der Waals surface area contributed by atoms with Crippen LogP contribution >= 0.6 is 0 Å². The maximum absolute atomic E-state index is 12.0. The molecule has 0 spiro atoms. The van der Waals surface area contributed by atoms with Crippen molar-refractivity contribution in [3.63, 3.8) is 0 Å². The summed E-state index contributed by atoms with van der Waals surface area (Å²) in [5.41, 5.74) is 3.72. The van der Waals surface area contributed by atoms with E-state index in [1.807, 2.05) is 72.8 Å². The molecule has 1 aliphatic rings. The predicted molar refractivity (Wildman–Crippen MR) is 110 cm³/mol. The standard InChI is InChI=1S/C24H21N3O2/c25-14-20-7-4-8-21(13-20)24-26-23(28)16-27(24)15-18-9-11-22(12-10-18)29-17-19-5-2-1-3-6-19/h1-13,24H,15-17H2,(H,26,28). The van der Waals surface area contributed by atoms with E-state index in [4.69, 9.17) is 10.00 Å². The molecule has 0 saturated carbocycles. The van der Waals surface area contributed by atoms with E-state index in [2.05, 4.69) is 16.3 Å².